The first kappa shape index (κ1) is 16.0. The summed E-state index contributed by atoms with van der Waals surface area (Å²) in [5, 5.41) is 0.895. The highest BCUT2D eigenvalue weighted by atomic mass is 79.9. The molecule has 1 rings (SSSR count). The summed E-state index contributed by atoms with van der Waals surface area (Å²) in [7, 11) is 0. The number of unbranched alkanes of at least 4 members (excludes halogenated alkanes) is 1. The van der Waals surface area contributed by atoms with Gasteiger partial charge in [-0.3, -0.25) is 0 Å². The van der Waals surface area contributed by atoms with Crippen LogP contribution >= 0.6 is 31.9 Å². The van der Waals surface area contributed by atoms with E-state index in [-0.39, 0.29) is 0 Å². The lowest BCUT2D eigenvalue weighted by Gasteiger charge is -2.31. The second kappa shape index (κ2) is 8.21. The van der Waals surface area contributed by atoms with E-state index in [0.717, 1.165) is 11.9 Å². The molecule has 1 aromatic rings. The quantitative estimate of drug-likeness (QED) is 0.547. The molecule has 102 valence electrons. The summed E-state index contributed by atoms with van der Waals surface area (Å²) >= 11 is 7.17. The molecule has 0 saturated heterocycles. The number of rotatable bonds is 7. The number of nitrogens with zero attached hydrogens (tertiary/aromatic N) is 1. The van der Waals surface area contributed by atoms with E-state index in [4.69, 9.17) is 0 Å². The van der Waals surface area contributed by atoms with Crippen molar-refractivity contribution in [2.24, 2.45) is 0 Å². The first-order valence-corrected chi connectivity index (χ1v) is 8.66. The molecular weight excluding hydrogens is 354 g/mol. The van der Waals surface area contributed by atoms with Gasteiger partial charge < -0.3 is 4.90 Å². The molecule has 0 heterocycles. The second-order valence-corrected chi connectivity index (χ2v) is 6.13. The van der Waals surface area contributed by atoms with Crippen LogP contribution in [-0.4, -0.2) is 12.6 Å². The molecule has 0 radical (unpaired) electrons. The van der Waals surface area contributed by atoms with E-state index >= 15 is 0 Å². The van der Waals surface area contributed by atoms with E-state index in [0.29, 0.717) is 6.04 Å². The summed E-state index contributed by atoms with van der Waals surface area (Å²) in [6, 6.07) is 7.29. The van der Waals surface area contributed by atoms with Gasteiger partial charge in [0.25, 0.3) is 0 Å². The summed E-state index contributed by atoms with van der Waals surface area (Å²) in [6.45, 7) is 7.96. The van der Waals surface area contributed by atoms with Crippen molar-refractivity contribution < 1.29 is 0 Å². The Morgan fingerprint density at radius 3 is 2.50 bits per heavy atom. The number of hydrogen-bond donors (Lipinski definition) is 0. The van der Waals surface area contributed by atoms with Crippen LogP contribution in [0.5, 0.6) is 0 Å². The zero-order valence-corrected chi connectivity index (χ0v) is 14.7. The van der Waals surface area contributed by atoms with Crippen molar-refractivity contribution in [2.75, 3.05) is 11.4 Å². The van der Waals surface area contributed by atoms with Crippen LogP contribution in [0.2, 0.25) is 0 Å². The minimum atomic E-state index is 0.596. The van der Waals surface area contributed by atoms with Crippen LogP contribution in [0, 0.1) is 0 Å². The molecule has 0 aliphatic rings. The molecule has 0 fully saturated rings. The van der Waals surface area contributed by atoms with Crippen molar-refractivity contribution in [2.45, 2.75) is 51.4 Å². The van der Waals surface area contributed by atoms with E-state index in [1.807, 2.05) is 0 Å². The lowest BCUT2D eigenvalue weighted by Crippen LogP contribution is -2.33. The fourth-order valence-electron chi connectivity index (χ4n) is 1.98. The van der Waals surface area contributed by atoms with E-state index < -0.39 is 0 Å². The van der Waals surface area contributed by atoms with Gasteiger partial charge in [0.1, 0.15) is 0 Å². The number of hydrogen-bond acceptors (Lipinski definition) is 1. The summed E-state index contributed by atoms with van der Waals surface area (Å²) in [6.07, 6.45) is 3.68. The maximum absolute atomic E-state index is 3.66. The van der Waals surface area contributed by atoms with E-state index in [1.54, 1.807) is 0 Å². The molecule has 0 amide bonds. The van der Waals surface area contributed by atoms with Crippen molar-refractivity contribution in [1.29, 1.82) is 0 Å². The zero-order valence-electron chi connectivity index (χ0n) is 11.5. The van der Waals surface area contributed by atoms with Crippen molar-refractivity contribution >= 4 is 37.5 Å². The molecule has 0 aliphatic carbocycles. The predicted octanol–water partition coefficient (Wildman–Crippen LogP) is 5.75. The first-order chi connectivity index (χ1) is 8.63. The number of halogens is 2. The van der Waals surface area contributed by atoms with Gasteiger partial charge >= 0.3 is 0 Å². The Kier molecular flexibility index (Phi) is 7.31. The van der Waals surface area contributed by atoms with Gasteiger partial charge in [0, 0.05) is 28.1 Å². The van der Waals surface area contributed by atoms with Crippen LogP contribution in [0.15, 0.2) is 22.7 Å². The van der Waals surface area contributed by atoms with Gasteiger partial charge in [-0.25, -0.2) is 0 Å². The summed E-state index contributed by atoms with van der Waals surface area (Å²) in [5.41, 5.74) is 2.63. The molecule has 3 heteroatoms. The number of benzene rings is 1. The second-order valence-electron chi connectivity index (χ2n) is 4.71. The van der Waals surface area contributed by atoms with Crippen molar-refractivity contribution in [3.63, 3.8) is 0 Å². The summed E-state index contributed by atoms with van der Waals surface area (Å²) in [5.74, 6) is 0. The summed E-state index contributed by atoms with van der Waals surface area (Å²) < 4.78 is 1.20. The summed E-state index contributed by atoms with van der Waals surface area (Å²) in [4.78, 5) is 2.52. The maximum atomic E-state index is 3.66. The van der Waals surface area contributed by atoms with Gasteiger partial charge in [0.05, 0.1) is 0 Å². The first-order valence-electron chi connectivity index (χ1n) is 6.75. The fourth-order valence-corrected chi connectivity index (χ4v) is 3.35. The van der Waals surface area contributed by atoms with Crippen LogP contribution < -0.4 is 4.90 Å². The molecule has 0 aliphatic heterocycles. The maximum Gasteiger partial charge on any atom is 0.0380 e. The van der Waals surface area contributed by atoms with Crippen LogP contribution in [0.3, 0.4) is 0 Å². The van der Waals surface area contributed by atoms with Gasteiger partial charge in [-0.15, -0.1) is 0 Å². The molecule has 0 saturated carbocycles. The Balaban J connectivity index is 2.93. The topological polar surface area (TPSA) is 3.24 Å². The van der Waals surface area contributed by atoms with Crippen molar-refractivity contribution in [3.8, 4) is 0 Å². The molecule has 18 heavy (non-hydrogen) atoms. The van der Waals surface area contributed by atoms with E-state index in [1.165, 1.54) is 35.0 Å². The molecule has 0 spiro atoms. The molecular formula is C15H23Br2N. The Bertz CT molecular complexity index is 366. The average molecular weight is 377 g/mol. The van der Waals surface area contributed by atoms with Crippen LogP contribution in [0.4, 0.5) is 5.69 Å². The molecule has 1 atom stereocenters. The highest BCUT2D eigenvalue weighted by molar-refractivity contribution is 9.10. The smallest absolute Gasteiger partial charge is 0.0380 e. The van der Waals surface area contributed by atoms with Crippen LogP contribution in [-0.2, 0) is 5.33 Å². The number of anilines is 1. The zero-order chi connectivity index (χ0) is 13.5. The highest BCUT2D eigenvalue weighted by Crippen LogP contribution is 2.27. The normalized spacial score (nSPS) is 12.5. The van der Waals surface area contributed by atoms with Crippen molar-refractivity contribution in [1.82, 2.24) is 0 Å². The minimum absolute atomic E-state index is 0.596. The van der Waals surface area contributed by atoms with Crippen molar-refractivity contribution in [3.05, 3.63) is 28.2 Å². The third-order valence-electron chi connectivity index (χ3n) is 3.39. The Labute approximate surface area is 128 Å². The minimum Gasteiger partial charge on any atom is -0.369 e. The van der Waals surface area contributed by atoms with Gasteiger partial charge in [-0.05, 0) is 37.5 Å². The Morgan fingerprint density at radius 2 is 2.00 bits per heavy atom. The van der Waals surface area contributed by atoms with Crippen LogP contribution in [0.1, 0.15) is 45.6 Å². The standard InChI is InChI=1S/C15H23Br2N/c1-4-6-9-18(12(3)5-2)14-8-7-13(11-16)15(17)10-14/h7-8,10,12H,4-6,9,11H2,1-3H3. The molecule has 0 bridgehead atoms. The fraction of sp³-hybridized carbons (Fsp3) is 0.600. The third-order valence-corrected chi connectivity index (χ3v) is 4.73. The number of alkyl halides is 1. The van der Waals surface area contributed by atoms with Crippen LogP contribution in [0.25, 0.3) is 0 Å². The molecule has 1 nitrogen and oxygen atoms in total. The Hall–Kier alpha value is -0.0200. The largest absolute Gasteiger partial charge is 0.369 e. The van der Waals surface area contributed by atoms with Gasteiger partial charge in [0.15, 0.2) is 0 Å². The molecule has 1 unspecified atom stereocenters. The SMILES string of the molecule is CCCCN(c1ccc(CBr)c(Br)c1)C(C)CC. The molecule has 1 aromatic carbocycles. The Morgan fingerprint density at radius 1 is 1.28 bits per heavy atom. The van der Waals surface area contributed by atoms with E-state index in [9.17, 15) is 0 Å². The highest BCUT2D eigenvalue weighted by Gasteiger charge is 2.13. The lowest BCUT2D eigenvalue weighted by molar-refractivity contribution is 0.595. The monoisotopic (exact) mass is 375 g/mol. The van der Waals surface area contributed by atoms with Gasteiger partial charge in [-0.2, -0.15) is 0 Å². The van der Waals surface area contributed by atoms with E-state index in [2.05, 4.69) is 75.7 Å². The lowest BCUT2D eigenvalue weighted by atomic mass is 10.1. The average Bonchev–Trinajstić information content (AvgIpc) is 2.39. The molecule has 0 aromatic heterocycles. The third kappa shape index (κ3) is 4.27. The molecule has 0 N–H and O–H groups in total. The van der Waals surface area contributed by atoms with Gasteiger partial charge in [-0.1, -0.05) is 58.2 Å². The predicted molar refractivity (Wildman–Crippen MR) is 88.8 cm³/mol. The van der Waals surface area contributed by atoms with Gasteiger partial charge in [0.2, 0.25) is 0 Å².